The van der Waals surface area contributed by atoms with E-state index in [-0.39, 0.29) is 5.56 Å². The van der Waals surface area contributed by atoms with E-state index in [1.54, 1.807) is 18.2 Å². The second kappa shape index (κ2) is 5.14. The number of benzene rings is 2. The molecule has 0 aliphatic carbocycles. The van der Waals surface area contributed by atoms with E-state index < -0.39 is 5.97 Å². The lowest BCUT2D eigenvalue weighted by atomic mass is 9.94. The Labute approximate surface area is 112 Å². The predicted molar refractivity (Wildman–Crippen MR) is 74.9 cm³/mol. The van der Waals surface area contributed by atoms with Crippen LogP contribution in [-0.4, -0.2) is 18.2 Å². The van der Waals surface area contributed by atoms with Gasteiger partial charge in [-0.1, -0.05) is 23.8 Å². The van der Waals surface area contributed by atoms with Gasteiger partial charge in [-0.15, -0.1) is 0 Å². The highest BCUT2D eigenvalue weighted by atomic mass is 16.5. The number of methoxy groups -OCH3 is 1. The van der Waals surface area contributed by atoms with Gasteiger partial charge in [0.25, 0.3) is 0 Å². The average molecular weight is 256 g/mol. The van der Waals surface area contributed by atoms with Gasteiger partial charge in [0, 0.05) is 0 Å². The first kappa shape index (κ1) is 13.1. The largest absolute Gasteiger partial charge is 0.497 e. The lowest BCUT2D eigenvalue weighted by molar-refractivity contribution is 0.0697. The van der Waals surface area contributed by atoms with E-state index in [1.165, 1.54) is 7.11 Å². The van der Waals surface area contributed by atoms with Crippen molar-refractivity contribution in [1.82, 2.24) is 0 Å². The van der Waals surface area contributed by atoms with Crippen molar-refractivity contribution in [1.29, 1.82) is 0 Å². The summed E-state index contributed by atoms with van der Waals surface area (Å²) in [7, 11) is 1.53. The number of aryl methyl sites for hydroxylation is 2. The van der Waals surface area contributed by atoms with Gasteiger partial charge in [-0.2, -0.15) is 0 Å². The summed E-state index contributed by atoms with van der Waals surface area (Å²) in [5.74, 6) is -0.402. The molecule has 98 valence electrons. The molecule has 1 N–H and O–H groups in total. The molecule has 2 aromatic carbocycles. The first-order valence-electron chi connectivity index (χ1n) is 6.02. The van der Waals surface area contributed by atoms with E-state index in [9.17, 15) is 9.90 Å². The second-order valence-corrected chi connectivity index (χ2v) is 4.54. The number of rotatable bonds is 3. The lowest BCUT2D eigenvalue weighted by Gasteiger charge is -2.12. The molecule has 0 aliphatic rings. The summed E-state index contributed by atoms with van der Waals surface area (Å²) in [6.45, 7) is 3.97. The van der Waals surface area contributed by atoms with Crippen molar-refractivity contribution in [3.8, 4) is 16.9 Å². The van der Waals surface area contributed by atoms with E-state index in [0.29, 0.717) is 5.75 Å². The standard InChI is InChI=1S/C16H16O3/c1-10-4-5-11(2)14(8-10)13-7-6-12(19-3)9-15(13)16(17)18/h4-9H,1-3H3,(H,17,18). The van der Waals surface area contributed by atoms with Gasteiger partial charge < -0.3 is 9.84 Å². The van der Waals surface area contributed by atoms with E-state index in [2.05, 4.69) is 0 Å². The number of carboxylic acid groups (broad SMARTS) is 1. The maximum atomic E-state index is 11.4. The molecule has 0 saturated carbocycles. The second-order valence-electron chi connectivity index (χ2n) is 4.54. The van der Waals surface area contributed by atoms with Crippen LogP contribution in [0.4, 0.5) is 0 Å². The van der Waals surface area contributed by atoms with Crippen LogP contribution in [0.3, 0.4) is 0 Å². The predicted octanol–water partition coefficient (Wildman–Crippen LogP) is 3.68. The average Bonchev–Trinajstić information content (AvgIpc) is 2.40. The molecule has 19 heavy (non-hydrogen) atoms. The van der Waals surface area contributed by atoms with Crippen LogP contribution in [0.1, 0.15) is 21.5 Å². The highest BCUT2D eigenvalue weighted by Gasteiger charge is 2.14. The van der Waals surface area contributed by atoms with E-state index in [0.717, 1.165) is 22.3 Å². The van der Waals surface area contributed by atoms with Crippen LogP contribution in [0.2, 0.25) is 0 Å². The fourth-order valence-electron chi connectivity index (χ4n) is 2.09. The highest BCUT2D eigenvalue weighted by Crippen LogP contribution is 2.30. The fourth-order valence-corrected chi connectivity index (χ4v) is 2.09. The number of carboxylic acids is 1. The van der Waals surface area contributed by atoms with Crippen LogP contribution < -0.4 is 4.74 Å². The smallest absolute Gasteiger partial charge is 0.336 e. The molecule has 0 bridgehead atoms. The molecule has 0 aliphatic heterocycles. The third-order valence-corrected chi connectivity index (χ3v) is 3.14. The normalized spacial score (nSPS) is 10.3. The zero-order valence-electron chi connectivity index (χ0n) is 11.2. The van der Waals surface area contributed by atoms with E-state index in [4.69, 9.17) is 4.74 Å². The maximum Gasteiger partial charge on any atom is 0.336 e. The molecule has 2 aromatic rings. The first-order chi connectivity index (χ1) is 9.02. The minimum Gasteiger partial charge on any atom is -0.497 e. The molecule has 0 amide bonds. The van der Waals surface area contributed by atoms with Gasteiger partial charge in [-0.05, 0) is 48.7 Å². The first-order valence-corrected chi connectivity index (χ1v) is 6.02. The van der Waals surface area contributed by atoms with Crippen LogP contribution in [0.25, 0.3) is 11.1 Å². The van der Waals surface area contributed by atoms with Crippen molar-refractivity contribution in [3.63, 3.8) is 0 Å². The van der Waals surface area contributed by atoms with Crippen LogP contribution in [0, 0.1) is 13.8 Å². The number of carbonyl (C=O) groups is 1. The topological polar surface area (TPSA) is 46.5 Å². The molecule has 3 nitrogen and oxygen atoms in total. The molecule has 0 saturated heterocycles. The summed E-state index contributed by atoms with van der Waals surface area (Å²) in [6, 6.07) is 11.2. The lowest BCUT2D eigenvalue weighted by Crippen LogP contribution is -2.01. The van der Waals surface area contributed by atoms with Crippen molar-refractivity contribution in [3.05, 3.63) is 53.1 Å². The van der Waals surface area contributed by atoms with Crippen molar-refractivity contribution in [2.24, 2.45) is 0 Å². The third-order valence-electron chi connectivity index (χ3n) is 3.14. The number of hydrogen-bond donors (Lipinski definition) is 1. The van der Waals surface area contributed by atoms with E-state index in [1.807, 2.05) is 32.0 Å². The number of aromatic carboxylic acids is 1. The monoisotopic (exact) mass is 256 g/mol. The van der Waals surface area contributed by atoms with Crippen molar-refractivity contribution in [2.75, 3.05) is 7.11 Å². The SMILES string of the molecule is COc1ccc(-c2cc(C)ccc2C)c(C(=O)O)c1. The molecule has 2 rings (SSSR count). The van der Waals surface area contributed by atoms with Gasteiger partial charge in [0.15, 0.2) is 0 Å². The summed E-state index contributed by atoms with van der Waals surface area (Å²) in [4.78, 5) is 11.4. The third kappa shape index (κ3) is 2.60. The van der Waals surface area contributed by atoms with Crippen LogP contribution in [0.5, 0.6) is 5.75 Å². The molecule has 0 unspecified atom stereocenters. The van der Waals surface area contributed by atoms with Crippen molar-refractivity contribution >= 4 is 5.97 Å². The molecule has 0 aromatic heterocycles. The Kier molecular flexibility index (Phi) is 3.56. The minimum atomic E-state index is -0.949. The minimum absolute atomic E-state index is 0.257. The zero-order valence-corrected chi connectivity index (χ0v) is 11.2. The molecule has 3 heteroatoms. The Hall–Kier alpha value is -2.29. The van der Waals surface area contributed by atoms with E-state index >= 15 is 0 Å². The highest BCUT2D eigenvalue weighted by molar-refractivity contribution is 5.97. The van der Waals surface area contributed by atoms with Crippen LogP contribution >= 0.6 is 0 Å². The molecule has 0 fully saturated rings. The molecule has 0 radical (unpaired) electrons. The quantitative estimate of drug-likeness (QED) is 0.911. The van der Waals surface area contributed by atoms with Gasteiger partial charge in [-0.3, -0.25) is 0 Å². The Balaban J connectivity index is 2.67. The Morgan fingerprint density at radius 3 is 2.42 bits per heavy atom. The molecule has 0 spiro atoms. The molecular weight excluding hydrogens is 240 g/mol. The van der Waals surface area contributed by atoms with Crippen LogP contribution in [0.15, 0.2) is 36.4 Å². The Bertz CT molecular complexity index is 630. The summed E-state index contributed by atoms with van der Waals surface area (Å²) in [5.41, 5.74) is 4.08. The van der Waals surface area contributed by atoms with Gasteiger partial charge in [0.05, 0.1) is 12.7 Å². The number of ether oxygens (including phenoxy) is 1. The molecule has 0 atom stereocenters. The summed E-state index contributed by atoms with van der Waals surface area (Å²) >= 11 is 0. The zero-order chi connectivity index (χ0) is 14.0. The number of hydrogen-bond acceptors (Lipinski definition) is 2. The summed E-state index contributed by atoms with van der Waals surface area (Å²) in [5, 5.41) is 9.35. The van der Waals surface area contributed by atoms with Crippen molar-refractivity contribution in [2.45, 2.75) is 13.8 Å². The van der Waals surface area contributed by atoms with Gasteiger partial charge in [-0.25, -0.2) is 4.79 Å². The van der Waals surface area contributed by atoms with Gasteiger partial charge in [0.2, 0.25) is 0 Å². The van der Waals surface area contributed by atoms with Gasteiger partial charge >= 0.3 is 5.97 Å². The van der Waals surface area contributed by atoms with Crippen molar-refractivity contribution < 1.29 is 14.6 Å². The fraction of sp³-hybridized carbons (Fsp3) is 0.188. The van der Waals surface area contributed by atoms with Crippen LogP contribution in [-0.2, 0) is 0 Å². The summed E-state index contributed by atoms with van der Waals surface area (Å²) < 4.78 is 5.09. The van der Waals surface area contributed by atoms with Gasteiger partial charge in [0.1, 0.15) is 5.75 Å². The Morgan fingerprint density at radius 2 is 1.79 bits per heavy atom. The molecule has 0 heterocycles. The maximum absolute atomic E-state index is 11.4. The molecular formula is C16H16O3. The summed E-state index contributed by atoms with van der Waals surface area (Å²) in [6.07, 6.45) is 0. The Morgan fingerprint density at radius 1 is 1.05 bits per heavy atom.